The predicted octanol–water partition coefficient (Wildman–Crippen LogP) is 4.55. The highest BCUT2D eigenvalue weighted by molar-refractivity contribution is 6.08. The van der Waals surface area contributed by atoms with Crippen LogP contribution in [0.5, 0.6) is 0 Å². The second-order valence-corrected chi connectivity index (χ2v) is 9.57. The van der Waals surface area contributed by atoms with Crippen molar-refractivity contribution in [2.75, 3.05) is 31.1 Å². The van der Waals surface area contributed by atoms with E-state index < -0.39 is 12.2 Å². The van der Waals surface area contributed by atoms with Crippen LogP contribution in [0.25, 0.3) is 10.8 Å². The number of carbonyl (C=O) groups is 3. The predicted molar refractivity (Wildman–Crippen MR) is 139 cm³/mol. The fourth-order valence-corrected chi connectivity index (χ4v) is 5.25. The maximum atomic E-state index is 14.8. The number of cyclic esters (lactones) is 1. The lowest BCUT2D eigenvalue weighted by atomic mass is 9.88. The van der Waals surface area contributed by atoms with Crippen LogP contribution < -0.4 is 15.5 Å². The van der Waals surface area contributed by atoms with Crippen LogP contribution in [0, 0.1) is 5.82 Å². The third-order valence-corrected chi connectivity index (χ3v) is 7.14. The van der Waals surface area contributed by atoms with Gasteiger partial charge in [-0.15, -0.1) is 0 Å². The molecule has 2 fully saturated rings. The Morgan fingerprint density at radius 2 is 1.76 bits per heavy atom. The first-order chi connectivity index (χ1) is 18.0. The fraction of sp³-hybridized carbons (Fsp3) is 0.345. The van der Waals surface area contributed by atoms with E-state index in [4.69, 9.17) is 4.74 Å². The summed E-state index contributed by atoms with van der Waals surface area (Å²) in [4.78, 5) is 39.4. The Morgan fingerprint density at radius 3 is 2.59 bits per heavy atom. The third-order valence-electron chi connectivity index (χ3n) is 7.14. The minimum atomic E-state index is -0.561. The van der Waals surface area contributed by atoms with E-state index in [0.29, 0.717) is 16.8 Å². The standard InChI is InChI=1S/C29H30FN3O4/c30-24-9-4-10-25(28(24)20-13-15-31-16-14-20)33-18-21(37-29(33)36)17-32-27(35)12-11-26(34)23-8-3-6-19-5-1-2-7-22(19)23/h1-10,20-21,31H,11-18H2,(H,32,35). The number of nitrogens with one attached hydrogen (secondary N) is 2. The summed E-state index contributed by atoms with van der Waals surface area (Å²) in [5, 5.41) is 7.90. The van der Waals surface area contributed by atoms with E-state index in [1.165, 1.54) is 11.0 Å². The van der Waals surface area contributed by atoms with Crippen molar-refractivity contribution in [1.82, 2.24) is 10.6 Å². The number of carbonyl (C=O) groups excluding carboxylic acids is 3. The number of fused-ring (bicyclic) bond motifs is 1. The first-order valence-corrected chi connectivity index (χ1v) is 12.8. The Morgan fingerprint density at radius 1 is 1.00 bits per heavy atom. The quantitative estimate of drug-likeness (QED) is 0.441. The summed E-state index contributed by atoms with van der Waals surface area (Å²) in [6.07, 6.45) is 0.609. The van der Waals surface area contributed by atoms with Gasteiger partial charge in [0.05, 0.1) is 18.8 Å². The molecule has 0 aromatic heterocycles. The Balaban J connectivity index is 1.16. The molecule has 1 unspecified atom stereocenters. The molecule has 2 heterocycles. The monoisotopic (exact) mass is 503 g/mol. The molecule has 2 amide bonds. The average molecular weight is 504 g/mol. The normalized spacial score (nSPS) is 18.1. The van der Waals surface area contributed by atoms with Crippen molar-refractivity contribution in [2.24, 2.45) is 0 Å². The number of amides is 2. The van der Waals surface area contributed by atoms with Crippen molar-refractivity contribution in [1.29, 1.82) is 0 Å². The second kappa shape index (κ2) is 11.1. The molecule has 37 heavy (non-hydrogen) atoms. The van der Waals surface area contributed by atoms with Crippen molar-refractivity contribution < 1.29 is 23.5 Å². The summed E-state index contributed by atoms with van der Waals surface area (Å²) < 4.78 is 20.3. The van der Waals surface area contributed by atoms with E-state index in [0.717, 1.165) is 36.7 Å². The van der Waals surface area contributed by atoms with Gasteiger partial charge >= 0.3 is 6.09 Å². The number of ketones is 1. The van der Waals surface area contributed by atoms with Crippen molar-refractivity contribution in [2.45, 2.75) is 37.7 Å². The van der Waals surface area contributed by atoms with E-state index >= 15 is 0 Å². The van der Waals surface area contributed by atoms with Crippen molar-refractivity contribution in [3.63, 3.8) is 0 Å². The zero-order valence-electron chi connectivity index (χ0n) is 20.5. The van der Waals surface area contributed by atoms with Crippen molar-refractivity contribution in [3.8, 4) is 0 Å². The minimum absolute atomic E-state index is 0.0308. The molecule has 2 aliphatic heterocycles. The number of halogens is 1. The van der Waals surface area contributed by atoms with Gasteiger partial charge in [-0.2, -0.15) is 0 Å². The number of hydrogen-bond donors (Lipinski definition) is 2. The number of rotatable bonds is 8. The molecule has 0 saturated carbocycles. The van der Waals surface area contributed by atoms with E-state index in [1.807, 2.05) is 36.4 Å². The third kappa shape index (κ3) is 5.49. The van der Waals surface area contributed by atoms with E-state index in [-0.39, 0.29) is 49.4 Å². The van der Waals surface area contributed by atoms with Gasteiger partial charge in [-0.1, -0.05) is 48.5 Å². The lowest BCUT2D eigenvalue weighted by Crippen LogP contribution is -2.35. The Labute approximate surface area is 215 Å². The van der Waals surface area contributed by atoms with Crippen LogP contribution in [0.3, 0.4) is 0 Å². The Kier molecular flexibility index (Phi) is 7.46. The van der Waals surface area contributed by atoms with Crippen LogP contribution in [0.15, 0.2) is 60.7 Å². The minimum Gasteiger partial charge on any atom is -0.442 e. The zero-order chi connectivity index (χ0) is 25.8. The van der Waals surface area contributed by atoms with E-state index in [1.54, 1.807) is 18.2 Å². The smallest absolute Gasteiger partial charge is 0.414 e. The summed E-state index contributed by atoms with van der Waals surface area (Å²) in [7, 11) is 0. The Hall–Kier alpha value is -3.78. The van der Waals surface area contributed by atoms with Crippen LogP contribution in [0.2, 0.25) is 0 Å². The summed E-state index contributed by atoms with van der Waals surface area (Å²) in [5.74, 6) is -0.667. The van der Waals surface area contributed by atoms with Gasteiger partial charge in [0.2, 0.25) is 5.91 Å². The fourth-order valence-electron chi connectivity index (χ4n) is 5.25. The largest absolute Gasteiger partial charge is 0.442 e. The number of hydrogen-bond acceptors (Lipinski definition) is 5. The lowest BCUT2D eigenvalue weighted by Gasteiger charge is -2.27. The van der Waals surface area contributed by atoms with Gasteiger partial charge < -0.3 is 15.4 Å². The van der Waals surface area contributed by atoms with Crippen LogP contribution in [0.1, 0.15) is 47.5 Å². The van der Waals surface area contributed by atoms with Gasteiger partial charge in [0.15, 0.2) is 5.78 Å². The topological polar surface area (TPSA) is 87.7 Å². The second-order valence-electron chi connectivity index (χ2n) is 9.57. The molecular formula is C29H30FN3O4. The van der Waals surface area contributed by atoms with Gasteiger partial charge in [0.25, 0.3) is 0 Å². The molecule has 8 heteroatoms. The van der Waals surface area contributed by atoms with Gasteiger partial charge in [-0.25, -0.2) is 9.18 Å². The average Bonchev–Trinajstić information content (AvgIpc) is 3.30. The number of nitrogens with zero attached hydrogens (tertiary/aromatic N) is 1. The highest BCUT2D eigenvalue weighted by atomic mass is 19.1. The molecule has 0 aliphatic carbocycles. The van der Waals surface area contributed by atoms with Crippen LogP contribution in [-0.4, -0.2) is 50.1 Å². The summed E-state index contributed by atoms with van der Waals surface area (Å²) in [5.41, 5.74) is 1.69. The van der Waals surface area contributed by atoms with E-state index in [2.05, 4.69) is 10.6 Å². The molecule has 192 valence electrons. The van der Waals surface area contributed by atoms with Gasteiger partial charge in [-0.3, -0.25) is 14.5 Å². The van der Waals surface area contributed by atoms with Crippen LogP contribution >= 0.6 is 0 Å². The molecular weight excluding hydrogens is 473 g/mol. The number of Topliss-reactive ketones (excluding diaryl/α,β-unsaturated/α-hetero) is 1. The van der Waals surface area contributed by atoms with Gasteiger partial charge in [0, 0.05) is 24.0 Å². The first-order valence-electron chi connectivity index (χ1n) is 12.8. The zero-order valence-corrected chi connectivity index (χ0v) is 20.5. The molecule has 5 rings (SSSR count). The summed E-state index contributed by atoms with van der Waals surface area (Å²) >= 11 is 0. The molecule has 2 saturated heterocycles. The molecule has 3 aromatic rings. The SMILES string of the molecule is O=C(CCC(=O)c1cccc2ccccc12)NCC1CN(c2cccc(F)c2C2CCNCC2)C(=O)O1. The van der Waals surface area contributed by atoms with Crippen LogP contribution in [-0.2, 0) is 9.53 Å². The van der Waals surface area contributed by atoms with Gasteiger partial charge in [-0.05, 0) is 54.8 Å². The van der Waals surface area contributed by atoms with E-state index in [9.17, 15) is 18.8 Å². The highest BCUT2D eigenvalue weighted by Crippen LogP contribution is 2.37. The summed E-state index contributed by atoms with van der Waals surface area (Å²) in [6, 6.07) is 18.0. The number of anilines is 1. The van der Waals surface area contributed by atoms with Crippen molar-refractivity contribution >= 4 is 34.2 Å². The maximum absolute atomic E-state index is 14.8. The molecule has 0 spiro atoms. The number of benzene rings is 3. The maximum Gasteiger partial charge on any atom is 0.414 e. The molecule has 0 radical (unpaired) electrons. The molecule has 7 nitrogen and oxygen atoms in total. The molecule has 0 bridgehead atoms. The van der Waals surface area contributed by atoms with Crippen LogP contribution in [0.4, 0.5) is 14.9 Å². The van der Waals surface area contributed by atoms with Crippen molar-refractivity contribution in [3.05, 3.63) is 77.6 Å². The molecule has 3 aromatic carbocycles. The first kappa shape index (κ1) is 24.9. The Bertz CT molecular complexity index is 1320. The molecule has 1 atom stereocenters. The lowest BCUT2D eigenvalue weighted by molar-refractivity contribution is -0.121. The number of piperidine rings is 1. The van der Waals surface area contributed by atoms with Gasteiger partial charge in [0.1, 0.15) is 11.9 Å². The molecule has 2 N–H and O–H groups in total. The highest BCUT2D eigenvalue weighted by Gasteiger charge is 2.35. The molecule has 2 aliphatic rings. The number of ether oxygens (including phenoxy) is 1. The summed E-state index contributed by atoms with van der Waals surface area (Å²) in [6.45, 7) is 1.96.